The molecule has 1 rings (SSSR count). The Bertz CT molecular complexity index is 213. The molecule has 0 saturated heterocycles. The summed E-state index contributed by atoms with van der Waals surface area (Å²) >= 11 is 0. The van der Waals surface area contributed by atoms with E-state index in [0.29, 0.717) is 25.3 Å². The van der Waals surface area contributed by atoms with E-state index in [9.17, 15) is 4.79 Å². The van der Waals surface area contributed by atoms with E-state index in [-0.39, 0.29) is 12.0 Å². The molecule has 1 fully saturated rings. The highest BCUT2D eigenvalue weighted by molar-refractivity contribution is 5.76. The second-order valence-corrected chi connectivity index (χ2v) is 3.50. The van der Waals surface area contributed by atoms with E-state index >= 15 is 0 Å². The zero-order valence-electron chi connectivity index (χ0n) is 7.62. The minimum absolute atomic E-state index is 0.0133. The van der Waals surface area contributed by atoms with Crippen molar-refractivity contribution >= 4 is 5.91 Å². The fourth-order valence-electron chi connectivity index (χ4n) is 1.40. The predicted octanol–water partition coefficient (Wildman–Crippen LogP) is 0.287. The highest BCUT2D eigenvalue weighted by atomic mass is 16.3. The summed E-state index contributed by atoms with van der Waals surface area (Å²) in [5.41, 5.74) is 0. The van der Waals surface area contributed by atoms with Gasteiger partial charge >= 0.3 is 0 Å². The second-order valence-electron chi connectivity index (χ2n) is 3.50. The van der Waals surface area contributed by atoms with Crippen LogP contribution in [0.25, 0.3) is 0 Å². The summed E-state index contributed by atoms with van der Waals surface area (Å²) in [6, 6.07) is 0. The van der Waals surface area contributed by atoms with E-state index in [0.717, 1.165) is 12.8 Å². The van der Waals surface area contributed by atoms with Crippen LogP contribution in [-0.4, -0.2) is 23.7 Å². The van der Waals surface area contributed by atoms with Crippen LogP contribution in [0.5, 0.6) is 0 Å². The standard InChI is InChI=1S/C10H15NO2/c1-2-3-4-10(13)11-7-8-5-9(12)6-8/h1,8-9,12H,3-7H2,(H,11,13). The maximum atomic E-state index is 11.1. The third-order valence-electron chi connectivity index (χ3n) is 2.30. The first-order chi connectivity index (χ1) is 6.22. The number of rotatable bonds is 4. The molecule has 72 valence electrons. The molecule has 0 heterocycles. The smallest absolute Gasteiger partial charge is 0.220 e. The summed E-state index contributed by atoms with van der Waals surface area (Å²) in [6.45, 7) is 0.681. The third-order valence-corrected chi connectivity index (χ3v) is 2.30. The summed E-state index contributed by atoms with van der Waals surface area (Å²) in [5, 5.41) is 11.8. The van der Waals surface area contributed by atoms with Crippen molar-refractivity contribution in [2.24, 2.45) is 5.92 Å². The molecule has 1 aliphatic carbocycles. The summed E-state index contributed by atoms with van der Waals surface area (Å²) < 4.78 is 0. The van der Waals surface area contributed by atoms with Gasteiger partial charge < -0.3 is 10.4 Å². The molecular weight excluding hydrogens is 166 g/mol. The first kappa shape index (κ1) is 10.1. The van der Waals surface area contributed by atoms with Gasteiger partial charge in [0.05, 0.1) is 6.10 Å². The van der Waals surface area contributed by atoms with Gasteiger partial charge in [0.25, 0.3) is 0 Å². The molecular formula is C10H15NO2. The van der Waals surface area contributed by atoms with Crippen molar-refractivity contribution in [3.63, 3.8) is 0 Å². The maximum absolute atomic E-state index is 11.1. The Kier molecular flexibility index (Phi) is 3.78. The minimum atomic E-state index is -0.146. The quantitative estimate of drug-likeness (QED) is 0.612. The number of hydrogen-bond acceptors (Lipinski definition) is 2. The fraction of sp³-hybridized carbons (Fsp3) is 0.700. The topological polar surface area (TPSA) is 49.3 Å². The summed E-state index contributed by atoms with van der Waals surface area (Å²) in [6.07, 6.45) is 7.42. The van der Waals surface area contributed by atoms with Gasteiger partial charge in [0.1, 0.15) is 0 Å². The van der Waals surface area contributed by atoms with Crippen LogP contribution in [0.3, 0.4) is 0 Å². The average molecular weight is 181 g/mol. The van der Waals surface area contributed by atoms with Crippen LogP contribution in [0.15, 0.2) is 0 Å². The molecule has 0 atom stereocenters. The van der Waals surface area contributed by atoms with Gasteiger partial charge in [-0.3, -0.25) is 4.79 Å². The lowest BCUT2D eigenvalue weighted by atomic mass is 9.82. The first-order valence-corrected chi connectivity index (χ1v) is 4.60. The van der Waals surface area contributed by atoms with E-state index in [2.05, 4.69) is 11.2 Å². The Morgan fingerprint density at radius 2 is 2.31 bits per heavy atom. The van der Waals surface area contributed by atoms with Crippen molar-refractivity contribution in [1.29, 1.82) is 0 Å². The molecule has 0 radical (unpaired) electrons. The lowest BCUT2D eigenvalue weighted by Gasteiger charge is -2.31. The molecule has 0 spiro atoms. The number of nitrogens with one attached hydrogen (secondary N) is 1. The van der Waals surface area contributed by atoms with Crippen molar-refractivity contribution in [3.05, 3.63) is 0 Å². The molecule has 0 aromatic rings. The zero-order valence-corrected chi connectivity index (χ0v) is 7.62. The van der Waals surface area contributed by atoms with Crippen molar-refractivity contribution in [2.45, 2.75) is 31.8 Å². The maximum Gasteiger partial charge on any atom is 0.220 e. The van der Waals surface area contributed by atoms with Gasteiger partial charge in [0, 0.05) is 19.4 Å². The highest BCUT2D eigenvalue weighted by Crippen LogP contribution is 2.25. The molecule has 13 heavy (non-hydrogen) atoms. The summed E-state index contributed by atoms with van der Waals surface area (Å²) in [4.78, 5) is 11.1. The predicted molar refractivity (Wildman–Crippen MR) is 49.8 cm³/mol. The van der Waals surface area contributed by atoms with Crippen LogP contribution in [0, 0.1) is 18.3 Å². The average Bonchev–Trinajstić information content (AvgIpc) is 2.07. The number of carbonyl (C=O) groups is 1. The molecule has 1 saturated carbocycles. The molecule has 3 heteroatoms. The Balaban J connectivity index is 2.00. The van der Waals surface area contributed by atoms with E-state index < -0.39 is 0 Å². The normalized spacial score (nSPS) is 25.8. The summed E-state index contributed by atoms with van der Waals surface area (Å²) in [5.74, 6) is 2.90. The van der Waals surface area contributed by atoms with Crippen molar-refractivity contribution in [3.8, 4) is 12.3 Å². The van der Waals surface area contributed by atoms with Crippen LogP contribution >= 0.6 is 0 Å². The van der Waals surface area contributed by atoms with Gasteiger partial charge in [-0.05, 0) is 18.8 Å². The molecule has 2 N–H and O–H groups in total. The van der Waals surface area contributed by atoms with Crippen LogP contribution in [0.4, 0.5) is 0 Å². The van der Waals surface area contributed by atoms with Gasteiger partial charge in [-0.25, -0.2) is 0 Å². The van der Waals surface area contributed by atoms with E-state index in [1.54, 1.807) is 0 Å². The summed E-state index contributed by atoms with van der Waals surface area (Å²) in [7, 11) is 0. The van der Waals surface area contributed by atoms with Gasteiger partial charge in [-0.2, -0.15) is 0 Å². The Morgan fingerprint density at radius 3 is 2.85 bits per heavy atom. The van der Waals surface area contributed by atoms with Crippen molar-refractivity contribution in [2.75, 3.05) is 6.54 Å². The molecule has 1 amide bonds. The van der Waals surface area contributed by atoms with E-state index in [1.165, 1.54) is 0 Å². The Morgan fingerprint density at radius 1 is 1.62 bits per heavy atom. The Hall–Kier alpha value is -1.01. The lowest BCUT2D eigenvalue weighted by Crippen LogP contribution is -2.38. The largest absolute Gasteiger partial charge is 0.393 e. The molecule has 0 aromatic carbocycles. The first-order valence-electron chi connectivity index (χ1n) is 4.60. The second kappa shape index (κ2) is 4.88. The van der Waals surface area contributed by atoms with Crippen LogP contribution in [0.2, 0.25) is 0 Å². The molecule has 3 nitrogen and oxygen atoms in total. The fourth-order valence-corrected chi connectivity index (χ4v) is 1.40. The van der Waals surface area contributed by atoms with Crippen LogP contribution in [0.1, 0.15) is 25.7 Å². The number of amides is 1. The minimum Gasteiger partial charge on any atom is -0.393 e. The third kappa shape index (κ3) is 3.47. The Labute approximate surface area is 78.5 Å². The van der Waals surface area contributed by atoms with Crippen molar-refractivity contribution < 1.29 is 9.90 Å². The van der Waals surface area contributed by atoms with Crippen LogP contribution < -0.4 is 5.32 Å². The van der Waals surface area contributed by atoms with Gasteiger partial charge in [0.2, 0.25) is 5.91 Å². The number of hydrogen-bond donors (Lipinski definition) is 2. The SMILES string of the molecule is C#CCCC(=O)NCC1CC(O)C1. The van der Waals surface area contributed by atoms with E-state index in [4.69, 9.17) is 11.5 Å². The lowest BCUT2D eigenvalue weighted by molar-refractivity contribution is -0.121. The monoisotopic (exact) mass is 181 g/mol. The number of carbonyl (C=O) groups excluding carboxylic acids is 1. The zero-order chi connectivity index (χ0) is 9.68. The number of aliphatic hydroxyl groups is 1. The highest BCUT2D eigenvalue weighted by Gasteiger charge is 2.26. The molecule has 0 unspecified atom stereocenters. The molecule has 0 bridgehead atoms. The van der Waals surface area contributed by atoms with Gasteiger partial charge in [0.15, 0.2) is 0 Å². The number of terminal acetylenes is 1. The van der Waals surface area contributed by atoms with Gasteiger partial charge in [-0.15, -0.1) is 12.3 Å². The molecule has 0 aromatic heterocycles. The van der Waals surface area contributed by atoms with E-state index in [1.807, 2.05) is 0 Å². The molecule has 0 aliphatic heterocycles. The van der Waals surface area contributed by atoms with Crippen molar-refractivity contribution in [1.82, 2.24) is 5.32 Å². The van der Waals surface area contributed by atoms with Crippen LogP contribution in [-0.2, 0) is 4.79 Å². The van der Waals surface area contributed by atoms with Gasteiger partial charge in [-0.1, -0.05) is 0 Å². The molecule has 1 aliphatic rings. The number of aliphatic hydroxyl groups excluding tert-OH is 1.